The predicted octanol–water partition coefficient (Wildman–Crippen LogP) is 2.55. The van der Waals surface area contributed by atoms with Gasteiger partial charge in [-0.25, -0.2) is 0 Å². The van der Waals surface area contributed by atoms with E-state index in [-0.39, 0.29) is 11.6 Å². The minimum atomic E-state index is 0.167. The second-order valence-corrected chi connectivity index (χ2v) is 5.97. The molecule has 16 heavy (non-hydrogen) atoms. The molecule has 2 aliphatic rings. The molecule has 0 bridgehead atoms. The zero-order valence-electron chi connectivity index (χ0n) is 8.62. The molecule has 0 radical (unpaired) electrons. The van der Waals surface area contributed by atoms with Crippen molar-refractivity contribution in [1.29, 1.82) is 0 Å². The van der Waals surface area contributed by atoms with Gasteiger partial charge in [-0.3, -0.25) is 9.59 Å². The molecule has 2 heterocycles. The number of carbonyl (C=O) groups is 2. The molecule has 1 aromatic rings. The zero-order valence-corrected chi connectivity index (χ0v) is 10.2. The molecule has 2 aliphatic heterocycles. The number of carbonyl (C=O) groups excluding carboxylic acids is 2. The monoisotopic (exact) mass is 250 g/mol. The predicted molar refractivity (Wildman–Crippen MR) is 67.4 cm³/mol. The number of hydrogen-bond donors (Lipinski definition) is 0. The van der Waals surface area contributed by atoms with E-state index in [1.807, 2.05) is 6.07 Å². The summed E-state index contributed by atoms with van der Waals surface area (Å²) in [6.45, 7) is 0. The highest BCUT2D eigenvalue weighted by atomic mass is 32.2. The van der Waals surface area contributed by atoms with Crippen LogP contribution in [-0.4, -0.2) is 23.1 Å². The van der Waals surface area contributed by atoms with E-state index in [0.717, 1.165) is 33.8 Å². The number of hydrogen-bond acceptors (Lipinski definition) is 4. The average molecular weight is 250 g/mol. The summed E-state index contributed by atoms with van der Waals surface area (Å²) in [6, 6.07) is 3.88. The van der Waals surface area contributed by atoms with Gasteiger partial charge in [0.1, 0.15) is 0 Å². The van der Waals surface area contributed by atoms with E-state index in [4.69, 9.17) is 0 Å². The molecule has 0 spiro atoms. The van der Waals surface area contributed by atoms with E-state index in [1.54, 1.807) is 23.5 Å². The van der Waals surface area contributed by atoms with Gasteiger partial charge < -0.3 is 0 Å². The van der Waals surface area contributed by atoms with E-state index < -0.39 is 0 Å². The first kappa shape index (κ1) is 10.4. The van der Waals surface area contributed by atoms with Crippen molar-refractivity contribution in [2.24, 2.45) is 0 Å². The Kier molecular flexibility index (Phi) is 2.56. The van der Waals surface area contributed by atoms with Crippen LogP contribution in [0.3, 0.4) is 0 Å². The van der Waals surface area contributed by atoms with Crippen molar-refractivity contribution >= 4 is 35.1 Å². The SMILES string of the molecule is O=C1CSCc2cc3c(cc21)C(=O)CSC3. The summed E-state index contributed by atoms with van der Waals surface area (Å²) in [7, 11) is 0. The number of fused-ring (bicyclic) bond motifs is 2. The van der Waals surface area contributed by atoms with Crippen molar-refractivity contribution in [3.05, 3.63) is 34.4 Å². The lowest BCUT2D eigenvalue weighted by atomic mass is 9.95. The van der Waals surface area contributed by atoms with Crippen LogP contribution in [0.25, 0.3) is 0 Å². The maximum absolute atomic E-state index is 11.7. The second kappa shape index (κ2) is 3.93. The molecule has 0 atom stereocenters. The summed E-state index contributed by atoms with van der Waals surface area (Å²) < 4.78 is 0. The number of ketones is 2. The summed E-state index contributed by atoms with van der Waals surface area (Å²) in [5, 5.41) is 0. The molecular weight excluding hydrogens is 240 g/mol. The Labute approximate surface area is 102 Å². The number of rotatable bonds is 0. The fourth-order valence-electron chi connectivity index (χ4n) is 2.12. The standard InChI is InChI=1S/C12H10O2S2/c13-11-5-15-3-7-1-8-4-16-6-12(14)10(8)2-9(7)11/h1-2H,3-6H2. The van der Waals surface area contributed by atoms with Crippen LogP contribution in [0.2, 0.25) is 0 Å². The van der Waals surface area contributed by atoms with Crippen molar-refractivity contribution in [3.8, 4) is 0 Å². The van der Waals surface area contributed by atoms with Crippen LogP contribution < -0.4 is 0 Å². The number of Topliss-reactive ketones (excluding diaryl/α,β-unsaturated/α-hetero) is 2. The quantitative estimate of drug-likeness (QED) is 0.708. The lowest BCUT2D eigenvalue weighted by Crippen LogP contribution is -2.18. The highest BCUT2D eigenvalue weighted by Crippen LogP contribution is 2.32. The number of thioether (sulfide) groups is 2. The third-order valence-corrected chi connectivity index (χ3v) is 4.87. The first-order valence-electron chi connectivity index (χ1n) is 5.13. The molecule has 82 valence electrons. The molecule has 2 nitrogen and oxygen atoms in total. The van der Waals surface area contributed by atoms with Gasteiger partial charge in [-0.15, -0.1) is 23.5 Å². The van der Waals surface area contributed by atoms with Crippen LogP contribution in [-0.2, 0) is 11.5 Å². The molecule has 0 amide bonds. The smallest absolute Gasteiger partial charge is 0.173 e. The molecule has 0 aliphatic carbocycles. The molecule has 0 saturated carbocycles. The molecule has 0 fully saturated rings. The molecular formula is C12H10O2S2. The van der Waals surface area contributed by atoms with Gasteiger partial charge >= 0.3 is 0 Å². The third kappa shape index (κ3) is 1.60. The van der Waals surface area contributed by atoms with Gasteiger partial charge in [0.25, 0.3) is 0 Å². The van der Waals surface area contributed by atoms with E-state index >= 15 is 0 Å². The first-order chi connectivity index (χ1) is 7.75. The lowest BCUT2D eigenvalue weighted by molar-refractivity contribution is 0.101. The van der Waals surface area contributed by atoms with Gasteiger partial charge in [-0.1, -0.05) is 6.07 Å². The van der Waals surface area contributed by atoms with E-state index in [2.05, 4.69) is 6.07 Å². The summed E-state index contributed by atoms with van der Waals surface area (Å²) in [5.74, 6) is 3.23. The molecule has 0 aromatic heterocycles. The van der Waals surface area contributed by atoms with Gasteiger partial charge in [0.15, 0.2) is 11.6 Å². The average Bonchev–Trinajstić information content (AvgIpc) is 2.28. The van der Waals surface area contributed by atoms with E-state index in [9.17, 15) is 9.59 Å². The number of benzene rings is 1. The van der Waals surface area contributed by atoms with Crippen molar-refractivity contribution < 1.29 is 9.59 Å². The molecule has 0 saturated heterocycles. The molecule has 4 heteroatoms. The Hall–Kier alpha value is -0.740. The van der Waals surface area contributed by atoms with Gasteiger partial charge in [0.2, 0.25) is 0 Å². The second-order valence-electron chi connectivity index (χ2n) is 4.00. The van der Waals surface area contributed by atoms with Crippen molar-refractivity contribution in [1.82, 2.24) is 0 Å². The summed E-state index contributed by atoms with van der Waals surface area (Å²) in [4.78, 5) is 23.5. The Morgan fingerprint density at radius 2 is 1.25 bits per heavy atom. The minimum Gasteiger partial charge on any atom is -0.293 e. The van der Waals surface area contributed by atoms with Crippen LogP contribution >= 0.6 is 23.5 Å². The van der Waals surface area contributed by atoms with Crippen LogP contribution in [0.1, 0.15) is 31.8 Å². The Morgan fingerprint density at radius 1 is 0.750 bits per heavy atom. The summed E-state index contributed by atoms with van der Waals surface area (Å²) in [5.41, 5.74) is 3.76. The highest BCUT2D eigenvalue weighted by Gasteiger charge is 2.24. The Balaban J connectivity index is 2.18. The van der Waals surface area contributed by atoms with Gasteiger partial charge in [-0.05, 0) is 17.2 Å². The highest BCUT2D eigenvalue weighted by molar-refractivity contribution is 7.99. The minimum absolute atomic E-state index is 0.167. The van der Waals surface area contributed by atoms with Crippen LogP contribution in [0.15, 0.2) is 12.1 Å². The van der Waals surface area contributed by atoms with Crippen molar-refractivity contribution in [2.75, 3.05) is 11.5 Å². The fourth-order valence-corrected chi connectivity index (χ4v) is 3.92. The molecule has 3 rings (SSSR count). The lowest BCUT2D eigenvalue weighted by Gasteiger charge is -2.20. The largest absolute Gasteiger partial charge is 0.293 e. The maximum atomic E-state index is 11.7. The Bertz CT molecular complexity index is 453. The van der Waals surface area contributed by atoms with Gasteiger partial charge in [-0.2, -0.15) is 0 Å². The van der Waals surface area contributed by atoms with Gasteiger partial charge in [0, 0.05) is 22.6 Å². The third-order valence-electron chi connectivity index (χ3n) is 2.91. The normalized spacial score (nSPS) is 19.2. The Morgan fingerprint density at radius 3 is 1.75 bits per heavy atom. The zero-order chi connectivity index (χ0) is 11.1. The molecule has 0 N–H and O–H groups in total. The first-order valence-corrected chi connectivity index (χ1v) is 7.44. The van der Waals surface area contributed by atoms with E-state index in [1.165, 1.54) is 0 Å². The summed E-state index contributed by atoms with van der Waals surface area (Å²) >= 11 is 3.31. The van der Waals surface area contributed by atoms with Crippen LogP contribution in [0, 0.1) is 0 Å². The summed E-state index contributed by atoms with van der Waals surface area (Å²) in [6.07, 6.45) is 0. The maximum Gasteiger partial charge on any atom is 0.173 e. The van der Waals surface area contributed by atoms with Crippen LogP contribution in [0.4, 0.5) is 0 Å². The van der Waals surface area contributed by atoms with Gasteiger partial charge in [0.05, 0.1) is 11.5 Å². The fraction of sp³-hybridized carbons (Fsp3) is 0.333. The van der Waals surface area contributed by atoms with Crippen molar-refractivity contribution in [3.63, 3.8) is 0 Å². The van der Waals surface area contributed by atoms with E-state index in [0.29, 0.717) is 11.5 Å². The molecule has 0 unspecified atom stereocenters. The van der Waals surface area contributed by atoms with Crippen molar-refractivity contribution in [2.45, 2.75) is 11.5 Å². The van der Waals surface area contributed by atoms with Crippen LogP contribution in [0.5, 0.6) is 0 Å². The molecule has 1 aromatic carbocycles. The topological polar surface area (TPSA) is 34.1 Å².